The minimum absolute atomic E-state index is 0.343. The molecule has 0 bridgehead atoms. The van der Waals surface area contributed by atoms with E-state index in [2.05, 4.69) is 20.9 Å². The average Bonchev–Trinajstić information content (AvgIpc) is 2.21. The first kappa shape index (κ1) is 11.3. The van der Waals surface area contributed by atoms with E-state index in [9.17, 15) is 4.39 Å². The number of benzene rings is 1. The molecule has 0 amide bonds. The highest BCUT2D eigenvalue weighted by atomic mass is 79.9. The highest BCUT2D eigenvalue weighted by Gasteiger charge is 2.12. The molecule has 0 aliphatic rings. The summed E-state index contributed by atoms with van der Waals surface area (Å²) in [5, 5.41) is 0.675. The minimum Gasteiger partial charge on any atom is -0.398 e. The number of pyridine rings is 1. The molecule has 0 aliphatic carbocycles. The zero-order valence-corrected chi connectivity index (χ0v) is 10.7. The molecule has 0 saturated carbocycles. The van der Waals surface area contributed by atoms with E-state index in [0.29, 0.717) is 21.1 Å². The number of halogens is 2. The molecule has 2 nitrogen and oxygen atoms in total. The number of rotatable bonds is 1. The topological polar surface area (TPSA) is 38.9 Å². The van der Waals surface area contributed by atoms with Crippen molar-refractivity contribution in [3.8, 4) is 0 Å². The molecule has 4 heteroatoms. The Morgan fingerprint density at radius 3 is 2.75 bits per heavy atom. The van der Waals surface area contributed by atoms with E-state index in [1.807, 2.05) is 13.8 Å². The number of aryl methyl sites for hydroxylation is 1. The average molecular weight is 283 g/mol. The van der Waals surface area contributed by atoms with Crippen LogP contribution in [0.4, 0.5) is 10.1 Å². The van der Waals surface area contributed by atoms with Crippen LogP contribution in [-0.4, -0.2) is 4.98 Å². The third-order valence-corrected chi connectivity index (χ3v) is 3.17. The van der Waals surface area contributed by atoms with Crippen LogP contribution in [0.1, 0.15) is 18.2 Å². The lowest BCUT2D eigenvalue weighted by Gasteiger charge is -2.11. The molecule has 0 radical (unpaired) electrons. The first-order chi connectivity index (χ1) is 7.54. The van der Waals surface area contributed by atoms with Gasteiger partial charge in [-0.15, -0.1) is 0 Å². The van der Waals surface area contributed by atoms with Crippen molar-refractivity contribution in [3.63, 3.8) is 0 Å². The number of nitrogen functional groups attached to an aromatic ring is 1. The van der Waals surface area contributed by atoms with Crippen molar-refractivity contribution in [2.24, 2.45) is 0 Å². The number of fused-ring (bicyclic) bond motifs is 1. The summed E-state index contributed by atoms with van der Waals surface area (Å²) in [6.45, 7) is 3.87. The quantitative estimate of drug-likeness (QED) is 0.868. The molecule has 2 aromatic rings. The second-order valence-electron chi connectivity index (χ2n) is 3.73. The fourth-order valence-corrected chi connectivity index (χ4v) is 2.35. The Hall–Kier alpha value is -1.16. The van der Waals surface area contributed by atoms with Gasteiger partial charge in [-0.1, -0.05) is 22.9 Å². The largest absolute Gasteiger partial charge is 0.398 e. The second-order valence-corrected chi connectivity index (χ2v) is 4.64. The molecular formula is C12H12BrFN2. The Kier molecular flexibility index (Phi) is 2.84. The van der Waals surface area contributed by atoms with Crippen molar-refractivity contribution < 1.29 is 4.39 Å². The van der Waals surface area contributed by atoms with E-state index >= 15 is 0 Å². The molecule has 0 saturated heterocycles. The van der Waals surface area contributed by atoms with E-state index in [0.717, 1.165) is 17.7 Å². The van der Waals surface area contributed by atoms with Gasteiger partial charge in [-0.05, 0) is 31.0 Å². The molecule has 0 aliphatic heterocycles. The van der Waals surface area contributed by atoms with Gasteiger partial charge in [-0.3, -0.25) is 0 Å². The number of nitrogens with zero attached hydrogens (tertiary/aromatic N) is 1. The van der Waals surface area contributed by atoms with E-state index in [4.69, 9.17) is 5.73 Å². The number of nitrogens with two attached hydrogens (primary N) is 1. The van der Waals surface area contributed by atoms with Crippen LogP contribution in [-0.2, 0) is 6.42 Å². The van der Waals surface area contributed by atoms with E-state index < -0.39 is 0 Å². The highest BCUT2D eigenvalue weighted by Crippen LogP contribution is 2.30. The van der Waals surface area contributed by atoms with Gasteiger partial charge in [0, 0.05) is 21.2 Å². The summed E-state index contributed by atoms with van der Waals surface area (Å²) in [5.41, 5.74) is 8.80. The van der Waals surface area contributed by atoms with E-state index in [1.165, 1.54) is 6.07 Å². The third kappa shape index (κ3) is 1.67. The Labute approximate surface area is 102 Å². The summed E-state index contributed by atoms with van der Waals surface area (Å²) in [6, 6.07) is 3.21. The molecule has 2 N–H and O–H groups in total. The van der Waals surface area contributed by atoms with Crippen LogP contribution in [0.3, 0.4) is 0 Å². The molecule has 0 atom stereocenters. The Morgan fingerprint density at radius 1 is 1.44 bits per heavy atom. The fraction of sp³-hybridized carbons (Fsp3) is 0.250. The SMILES string of the molecule is CCc1c(C)nc2c(F)cc(Br)cc2c1N. The lowest BCUT2D eigenvalue weighted by atomic mass is 10.0. The third-order valence-electron chi connectivity index (χ3n) is 2.71. The summed E-state index contributed by atoms with van der Waals surface area (Å²) in [6.07, 6.45) is 0.800. The fourth-order valence-electron chi connectivity index (χ4n) is 1.92. The Bertz CT molecular complexity index is 567. The Morgan fingerprint density at radius 2 is 2.12 bits per heavy atom. The van der Waals surface area contributed by atoms with Crippen molar-refractivity contribution in [2.75, 3.05) is 5.73 Å². The van der Waals surface area contributed by atoms with Crippen LogP contribution in [0.2, 0.25) is 0 Å². The van der Waals surface area contributed by atoms with Crippen molar-refractivity contribution in [1.82, 2.24) is 4.98 Å². The lowest BCUT2D eigenvalue weighted by Crippen LogP contribution is -2.01. The molecule has 1 aromatic carbocycles. The summed E-state index contributed by atoms with van der Waals surface area (Å²) >= 11 is 3.26. The van der Waals surface area contributed by atoms with Gasteiger partial charge in [0.15, 0.2) is 5.82 Å². The first-order valence-corrected chi connectivity index (χ1v) is 5.87. The summed E-state index contributed by atoms with van der Waals surface area (Å²) in [4.78, 5) is 4.27. The molecule has 0 spiro atoms. The van der Waals surface area contributed by atoms with Gasteiger partial charge in [0.2, 0.25) is 0 Å². The van der Waals surface area contributed by atoms with Crippen molar-refractivity contribution in [2.45, 2.75) is 20.3 Å². The van der Waals surface area contributed by atoms with Gasteiger partial charge < -0.3 is 5.73 Å². The van der Waals surface area contributed by atoms with Gasteiger partial charge >= 0.3 is 0 Å². The number of aromatic nitrogens is 1. The monoisotopic (exact) mass is 282 g/mol. The second kappa shape index (κ2) is 4.01. The van der Waals surface area contributed by atoms with Crippen LogP contribution in [0.25, 0.3) is 10.9 Å². The predicted octanol–water partition coefficient (Wildman–Crippen LogP) is 3.59. The number of anilines is 1. The Balaban J connectivity index is 2.93. The van der Waals surface area contributed by atoms with E-state index in [1.54, 1.807) is 6.07 Å². The van der Waals surface area contributed by atoms with E-state index in [-0.39, 0.29) is 5.82 Å². The van der Waals surface area contributed by atoms with Crippen molar-refractivity contribution in [1.29, 1.82) is 0 Å². The normalized spacial score (nSPS) is 11.0. The molecule has 1 aromatic heterocycles. The standard InChI is InChI=1S/C12H12BrFN2/c1-3-8-6(2)16-12-9(11(8)15)4-7(13)5-10(12)14/h4-5H,3H2,1-2H3,(H2,15,16). The molecule has 2 rings (SSSR count). The number of hydrogen-bond acceptors (Lipinski definition) is 2. The minimum atomic E-state index is -0.346. The van der Waals surface area contributed by atoms with Crippen LogP contribution < -0.4 is 5.73 Å². The smallest absolute Gasteiger partial charge is 0.150 e. The zero-order valence-electron chi connectivity index (χ0n) is 9.14. The summed E-state index contributed by atoms with van der Waals surface area (Å²) in [5.74, 6) is -0.346. The summed E-state index contributed by atoms with van der Waals surface area (Å²) in [7, 11) is 0. The van der Waals surface area contributed by atoms with Gasteiger partial charge in [-0.25, -0.2) is 9.37 Å². The molecule has 84 valence electrons. The van der Waals surface area contributed by atoms with Crippen LogP contribution in [0, 0.1) is 12.7 Å². The maximum absolute atomic E-state index is 13.7. The van der Waals surface area contributed by atoms with Crippen LogP contribution in [0.15, 0.2) is 16.6 Å². The molecule has 16 heavy (non-hydrogen) atoms. The summed E-state index contributed by atoms with van der Waals surface area (Å²) < 4.78 is 14.4. The maximum atomic E-state index is 13.7. The first-order valence-electron chi connectivity index (χ1n) is 5.08. The van der Waals surface area contributed by atoms with Gasteiger partial charge in [0.1, 0.15) is 5.52 Å². The number of hydrogen-bond donors (Lipinski definition) is 1. The zero-order chi connectivity index (χ0) is 11.9. The predicted molar refractivity (Wildman–Crippen MR) is 67.9 cm³/mol. The van der Waals surface area contributed by atoms with Crippen molar-refractivity contribution in [3.05, 3.63) is 33.7 Å². The van der Waals surface area contributed by atoms with Crippen LogP contribution in [0.5, 0.6) is 0 Å². The lowest BCUT2D eigenvalue weighted by molar-refractivity contribution is 0.635. The molecule has 0 fully saturated rings. The van der Waals surface area contributed by atoms with Gasteiger partial charge in [-0.2, -0.15) is 0 Å². The van der Waals surface area contributed by atoms with Crippen molar-refractivity contribution >= 4 is 32.5 Å². The molecule has 0 unspecified atom stereocenters. The van der Waals surface area contributed by atoms with Gasteiger partial charge in [0.05, 0.1) is 0 Å². The molecule has 1 heterocycles. The highest BCUT2D eigenvalue weighted by molar-refractivity contribution is 9.10. The van der Waals surface area contributed by atoms with Crippen LogP contribution >= 0.6 is 15.9 Å². The maximum Gasteiger partial charge on any atom is 0.150 e. The molecular weight excluding hydrogens is 271 g/mol. The van der Waals surface area contributed by atoms with Gasteiger partial charge in [0.25, 0.3) is 0 Å².